The van der Waals surface area contributed by atoms with Gasteiger partial charge < -0.3 is 4.74 Å². The molecular weight excluding hydrogens is 376 g/mol. The summed E-state index contributed by atoms with van der Waals surface area (Å²) in [6, 6.07) is 7.77. The molecule has 0 saturated heterocycles. The molecule has 2 aromatic heterocycles. The second kappa shape index (κ2) is 8.18. The van der Waals surface area contributed by atoms with Crippen LogP contribution in [0.3, 0.4) is 0 Å². The van der Waals surface area contributed by atoms with Crippen LogP contribution >= 0.6 is 11.8 Å². The fourth-order valence-corrected chi connectivity index (χ4v) is 3.99. The highest BCUT2D eigenvalue weighted by Gasteiger charge is 2.18. The highest BCUT2D eigenvalue weighted by molar-refractivity contribution is 7.98. The summed E-state index contributed by atoms with van der Waals surface area (Å²) in [5.41, 5.74) is 0.740. The number of benzene rings is 1. The van der Waals surface area contributed by atoms with Crippen molar-refractivity contribution >= 4 is 22.8 Å². The van der Waals surface area contributed by atoms with Crippen molar-refractivity contribution in [1.29, 1.82) is 0 Å². The summed E-state index contributed by atoms with van der Waals surface area (Å²) in [5.74, 6) is 2.17. The molecule has 0 fully saturated rings. The molecule has 0 aliphatic heterocycles. The molecule has 2 heterocycles. The van der Waals surface area contributed by atoms with Crippen LogP contribution in [0.4, 0.5) is 0 Å². The minimum atomic E-state index is -0.367. The Morgan fingerprint density at radius 2 is 1.96 bits per heavy atom. The van der Waals surface area contributed by atoms with Gasteiger partial charge in [-0.15, -0.1) is 11.8 Å². The van der Waals surface area contributed by atoms with Crippen LogP contribution in [0, 0.1) is 12.8 Å². The number of methoxy groups -OCH3 is 1. The SMILES string of the molecule is COc1cccc(CSc2nc(C)nc3c2c(=O)n(C)c(=O)n3CC(C)C)c1. The van der Waals surface area contributed by atoms with Crippen LogP contribution in [-0.4, -0.2) is 26.2 Å². The van der Waals surface area contributed by atoms with Crippen molar-refractivity contribution in [2.75, 3.05) is 7.11 Å². The molecule has 0 amide bonds. The van der Waals surface area contributed by atoms with Crippen LogP contribution in [0.2, 0.25) is 0 Å². The highest BCUT2D eigenvalue weighted by atomic mass is 32.2. The lowest BCUT2D eigenvalue weighted by Crippen LogP contribution is -2.39. The molecule has 8 heteroatoms. The van der Waals surface area contributed by atoms with Crippen LogP contribution in [-0.2, 0) is 19.3 Å². The first-order valence-electron chi connectivity index (χ1n) is 9.05. The van der Waals surface area contributed by atoms with Gasteiger partial charge in [-0.05, 0) is 30.5 Å². The molecule has 1 aromatic carbocycles. The van der Waals surface area contributed by atoms with Gasteiger partial charge in [0.25, 0.3) is 5.56 Å². The second-order valence-corrected chi connectivity index (χ2v) is 8.03. The Labute approximate surface area is 167 Å². The minimum Gasteiger partial charge on any atom is -0.497 e. The molecule has 0 unspecified atom stereocenters. The summed E-state index contributed by atoms with van der Waals surface area (Å²) < 4.78 is 7.98. The first-order chi connectivity index (χ1) is 13.3. The number of thioether (sulfide) groups is 1. The van der Waals surface area contributed by atoms with E-state index in [0.717, 1.165) is 15.9 Å². The smallest absolute Gasteiger partial charge is 0.332 e. The third kappa shape index (κ3) is 3.96. The van der Waals surface area contributed by atoms with Gasteiger partial charge in [-0.1, -0.05) is 26.0 Å². The second-order valence-electron chi connectivity index (χ2n) is 7.07. The average molecular weight is 401 g/mol. The lowest BCUT2D eigenvalue weighted by atomic mass is 10.2. The van der Waals surface area contributed by atoms with Crippen molar-refractivity contribution < 1.29 is 4.74 Å². The third-order valence-electron chi connectivity index (χ3n) is 4.32. The molecule has 0 aliphatic carbocycles. The molecular formula is C20H24N4O3S. The van der Waals surface area contributed by atoms with Gasteiger partial charge >= 0.3 is 5.69 Å². The molecule has 0 saturated carbocycles. The Balaban J connectivity index is 2.13. The fraction of sp³-hybridized carbons (Fsp3) is 0.400. The van der Waals surface area contributed by atoms with E-state index in [9.17, 15) is 9.59 Å². The molecule has 0 radical (unpaired) electrons. The van der Waals surface area contributed by atoms with Gasteiger partial charge in [-0.25, -0.2) is 14.8 Å². The van der Waals surface area contributed by atoms with Crippen LogP contribution in [0.5, 0.6) is 5.75 Å². The summed E-state index contributed by atoms with van der Waals surface area (Å²) in [4.78, 5) is 34.5. The molecule has 148 valence electrons. The van der Waals surface area contributed by atoms with Crippen molar-refractivity contribution in [2.24, 2.45) is 13.0 Å². The van der Waals surface area contributed by atoms with E-state index in [1.807, 2.05) is 38.1 Å². The number of aryl methyl sites for hydroxylation is 1. The molecule has 28 heavy (non-hydrogen) atoms. The standard InChI is InChI=1S/C20H24N4O3S/c1-12(2)10-24-17-16(19(25)23(4)20(24)26)18(22-13(3)21-17)28-11-14-7-6-8-15(9-14)27-5/h6-9,12H,10-11H2,1-5H3. The zero-order valence-corrected chi connectivity index (χ0v) is 17.5. The Morgan fingerprint density at radius 1 is 1.21 bits per heavy atom. The molecule has 3 aromatic rings. The van der Waals surface area contributed by atoms with E-state index in [2.05, 4.69) is 9.97 Å². The monoisotopic (exact) mass is 400 g/mol. The normalized spacial score (nSPS) is 11.4. The predicted octanol–water partition coefficient (Wildman–Crippen LogP) is 2.76. The van der Waals surface area contributed by atoms with E-state index < -0.39 is 0 Å². The molecule has 3 rings (SSSR count). The van der Waals surface area contributed by atoms with Crippen molar-refractivity contribution in [1.82, 2.24) is 19.1 Å². The third-order valence-corrected chi connectivity index (χ3v) is 5.36. The van der Waals surface area contributed by atoms with Crippen molar-refractivity contribution in [2.45, 2.75) is 38.1 Å². The van der Waals surface area contributed by atoms with Gasteiger partial charge in [0.15, 0.2) is 5.65 Å². The van der Waals surface area contributed by atoms with Gasteiger partial charge in [0.2, 0.25) is 0 Å². The number of aromatic nitrogens is 4. The molecule has 7 nitrogen and oxygen atoms in total. The lowest BCUT2D eigenvalue weighted by Gasteiger charge is -2.15. The van der Waals surface area contributed by atoms with Crippen LogP contribution < -0.4 is 16.0 Å². The van der Waals surface area contributed by atoms with Gasteiger partial charge in [0.05, 0.1) is 7.11 Å². The maximum atomic E-state index is 12.9. The van der Waals surface area contributed by atoms with Crippen molar-refractivity contribution in [3.8, 4) is 5.75 Å². The number of nitrogens with zero attached hydrogens (tertiary/aromatic N) is 4. The lowest BCUT2D eigenvalue weighted by molar-refractivity contribution is 0.414. The summed E-state index contributed by atoms with van der Waals surface area (Å²) in [6.07, 6.45) is 0. The number of ether oxygens (including phenoxy) is 1. The largest absolute Gasteiger partial charge is 0.497 e. The summed E-state index contributed by atoms with van der Waals surface area (Å²) in [6.45, 7) is 6.31. The first-order valence-corrected chi connectivity index (χ1v) is 10.0. The quantitative estimate of drug-likeness (QED) is 0.468. The van der Waals surface area contributed by atoms with Gasteiger partial charge in [-0.3, -0.25) is 13.9 Å². The van der Waals surface area contributed by atoms with Crippen molar-refractivity contribution in [3.05, 3.63) is 56.5 Å². The Morgan fingerprint density at radius 3 is 2.64 bits per heavy atom. The first kappa shape index (κ1) is 20.1. The van der Waals surface area contributed by atoms with Crippen LogP contribution in [0.25, 0.3) is 11.0 Å². The average Bonchev–Trinajstić information content (AvgIpc) is 2.67. The van der Waals surface area contributed by atoms with E-state index in [4.69, 9.17) is 4.74 Å². The zero-order valence-electron chi connectivity index (χ0n) is 16.7. The topological polar surface area (TPSA) is 79.0 Å². The number of hydrogen-bond donors (Lipinski definition) is 0. The molecule has 0 bridgehead atoms. The van der Waals surface area contributed by atoms with Gasteiger partial charge in [0, 0.05) is 19.3 Å². The van der Waals surface area contributed by atoms with Crippen LogP contribution in [0.15, 0.2) is 38.9 Å². The molecule has 0 aliphatic rings. The van der Waals surface area contributed by atoms with E-state index in [0.29, 0.717) is 34.2 Å². The van der Waals surface area contributed by atoms with Crippen molar-refractivity contribution in [3.63, 3.8) is 0 Å². The highest BCUT2D eigenvalue weighted by Crippen LogP contribution is 2.27. The summed E-state index contributed by atoms with van der Waals surface area (Å²) >= 11 is 1.46. The fourth-order valence-electron chi connectivity index (χ4n) is 2.99. The predicted molar refractivity (Wildman–Crippen MR) is 111 cm³/mol. The van der Waals surface area contributed by atoms with E-state index in [1.54, 1.807) is 18.6 Å². The van der Waals surface area contributed by atoms with Gasteiger partial charge in [-0.2, -0.15) is 0 Å². The maximum Gasteiger partial charge on any atom is 0.332 e. The van der Waals surface area contributed by atoms with E-state index >= 15 is 0 Å². The molecule has 0 N–H and O–H groups in total. The number of rotatable bonds is 6. The number of hydrogen-bond acceptors (Lipinski definition) is 6. The Hall–Kier alpha value is -2.61. The maximum absolute atomic E-state index is 12.9. The Bertz CT molecular complexity index is 1130. The number of fused-ring (bicyclic) bond motifs is 1. The minimum absolute atomic E-state index is 0.238. The summed E-state index contributed by atoms with van der Waals surface area (Å²) in [5, 5.41) is 0.977. The molecule has 0 spiro atoms. The Kier molecular flexibility index (Phi) is 5.88. The van der Waals surface area contributed by atoms with E-state index in [-0.39, 0.29) is 17.2 Å². The van der Waals surface area contributed by atoms with Gasteiger partial charge in [0.1, 0.15) is 22.0 Å². The molecule has 0 atom stereocenters. The summed E-state index contributed by atoms with van der Waals surface area (Å²) in [7, 11) is 3.13. The van der Waals surface area contributed by atoms with E-state index in [1.165, 1.54) is 18.8 Å². The zero-order chi connectivity index (χ0) is 20.4. The van der Waals surface area contributed by atoms with Crippen LogP contribution in [0.1, 0.15) is 25.2 Å².